The monoisotopic (exact) mass is 372 g/mol. The maximum absolute atomic E-state index is 6.00. The van der Waals surface area contributed by atoms with Crippen LogP contribution in [0.5, 0.6) is 0 Å². The van der Waals surface area contributed by atoms with E-state index in [9.17, 15) is 0 Å². The molecule has 6 heteroatoms. The first-order chi connectivity index (χ1) is 10.4. The fourth-order valence-corrected chi connectivity index (χ4v) is 2.30. The average Bonchev–Trinajstić information content (AvgIpc) is 2.50. The molecule has 0 aromatic heterocycles. The predicted molar refractivity (Wildman–Crippen MR) is 97.3 cm³/mol. The zero-order valence-electron chi connectivity index (χ0n) is 11.9. The van der Waals surface area contributed by atoms with Crippen LogP contribution < -0.4 is 0 Å². The summed E-state index contributed by atoms with van der Waals surface area (Å²) in [5.74, 6) is 0. The zero-order chi connectivity index (χ0) is 16.3. The lowest BCUT2D eigenvalue weighted by Gasteiger charge is -2.03. The lowest BCUT2D eigenvalue weighted by molar-refractivity contribution is 1.22. The maximum atomic E-state index is 6.00. The molecule has 2 rings (SSSR count). The maximum Gasteiger partial charge on any atom is 0.0672 e. The molecule has 0 radical (unpaired) electrons. The highest BCUT2D eigenvalue weighted by molar-refractivity contribution is 6.42. The van der Waals surface area contributed by atoms with Crippen molar-refractivity contribution < 1.29 is 0 Å². The van der Waals surface area contributed by atoms with Crippen molar-refractivity contribution in [3.8, 4) is 0 Å². The summed E-state index contributed by atoms with van der Waals surface area (Å²) in [6.45, 7) is 3.70. The number of halogens is 4. The number of hydrogen-bond acceptors (Lipinski definition) is 2. The Morgan fingerprint density at radius 2 is 1.00 bits per heavy atom. The first kappa shape index (κ1) is 17.3. The lowest BCUT2D eigenvalue weighted by atomic mass is 10.1. The van der Waals surface area contributed by atoms with Gasteiger partial charge in [0.25, 0.3) is 0 Å². The second-order valence-electron chi connectivity index (χ2n) is 4.63. The molecule has 2 aromatic rings. The van der Waals surface area contributed by atoms with Crippen molar-refractivity contribution in [2.75, 3.05) is 0 Å². The van der Waals surface area contributed by atoms with Crippen molar-refractivity contribution in [2.45, 2.75) is 13.8 Å². The number of rotatable bonds is 3. The van der Waals surface area contributed by atoms with Crippen LogP contribution in [0.1, 0.15) is 25.0 Å². The van der Waals surface area contributed by atoms with Gasteiger partial charge < -0.3 is 0 Å². The number of nitrogens with zero attached hydrogens (tertiary/aromatic N) is 2. The van der Waals surface area contributed by atoms with Gasteiger partial charge in [0.15, 0.2) is 0 Å². The van der Waals surface area contributed by atoms with Crippen LogP contribution in [0, 0.1) is 0 Å². The van der Waals surface area contributed by atoms with Gasteiger partial charge in [-0.25, -0.2) is 0 Å². The highest BCUT2D eigenvalue weighted by Crippen LogP contribution is 2.24. The third-order valence-electron chi connectivity index (χ3n) is 3.02. The van der Waals surface area contributed by atoms with Gasteiger partial charge >= 0.3 is 0 Å². The van der Waals surface area contributed by atoms with Gasteiger partial charge in [0.05, 0.1) is 31.5 Å². The predicted octanol–water partition coefficient (Wildman–Crippen LogP) is 6.53. The summed E-state index contributed by atoms with van der Waals surface area (Å²) in [7, 11) is 0. The van der Waals surface area contributed by atoms with Crippen LogP contribution in [-0.4, -0.2) is 11.4 Å². The molecule has 0 N–H and O–H groups in total. The van der Waals surface area contributed by atoms with Crippen molar-refractivity contribution in [3.63, 3.8) is 0 Å². The quantitative estimate of drug-likeness (QED) is 0.431. The van der Waals surface area contributed by atoms with E-state index in [4.69, 9.17) is 46.4 Å². The standard InChI is InChI=1S/C16H12Cl4N2/c1-9(11-3-5-13(17)15(19)7-11)21-22-10(2)12-4-6-14(18)16(20)8-12/h3-8H,1-2H3/b21-9+,22-10+. The summed E-state index contributed by atoms with van der Waals surface area (Å²) < 4.78 is 0. The topological polar surface area (TPSA) is 24.7 Å². The lowest BCUT2D eigenvalue weighted by Crippen LogP contribution is -1.97. The van der Waals surface area contributed by atoms with Gasteiger partial charge in [-0.05, 0) is 49.2 Å². The van der Waals surface area contributed by atoms with Crippen LogP contribution in [-0.2, 0) is 0 Å². The second kappa shape index (κ2) is 7.47. The van der Waals surface area contributed by atoms with Crippen LogP contribution >= 0.6 is 46.4 Å². The van der Waals surface area contributed by atoms with Gasteiger partial charge in [0.2, 0.25) is 0 Å². The Hall–Kier alpha value is -1.06. The summed E-state index contributed by atoms with van der Waals surface area (Å²) in [5.41, 5.74) is 3.19. The molecule has 22 heavy (non-hydrogen) atoms. The highest BCUT2D eigenvalue weighted by Gasteiger charge is 2.04. The Labute approximate surface area is 149 Å². The van der Waals surface area contributed by atoms with Crippen molar-refractivity contribution >= 4 is 57.8 Å². The summed E-state index contributed by atoms with van der Waals surface area (Å²) >= 11 is 23.8. The van der Waals surface area contributed by atoms with E-state index in [0.29, 0.717) is 20.1 Å². The summed E-state index contributed by atoms with van der Waals surface area (Å²) in [6, 6.07) is 10.7. The van der Waals surface area contributed by atoms with Crippen molar-refractivity contribution in [2.24, 2.45) is 10.2 Å². The van der Waals surface area contributed by atoms with Crippen LogP contribution in [0.15, 0.2) is 46.6 Å². The Bertz CT molecular complexity index is 701. The Morgan fingerprint density at radius 1 is 0.636 bits per heavy atom. The minimum atomic E-state index is 0.485. The zero-order valence-corrected chi connectivity index (χ0v) is 14.9. The van der Waals surface area contributed by atoms with Crippen LogP contribution in [0.2, 0.25) is 20.1 Å². The van der Waals surface area contributed by atoms with E-state index < -0.39 is 0 Å². The summed E-state index contributed by atoms with van der Waals surface area (Å²) in [5, 5.41) is 10.4. The molecule has 0 saturated carbocycles. The van der Waals surface area contributed by atoms with E-state index in [0.717, 1.165) is 22.6 Å². The number of hydrogen-bond donors (Lipinski definition) is 0. The van der Waals surface area contributed by atoms with Crippen molar-refractivity contribution in [1.29, 1.82) is 0 Å². The molecule has 0 fully saturated rings. The molecule has 0 unspecified atom stereocenters. The van der Waals surface area contributed by atoms with Gasteiger partial charge in [-0.2, -0.15) is 10.2 Å². The van der Waals surface area contributed by atoms with E-state index in [1.54, 1.807) is 24.3 Å². The molecular weight excluding hydrogens is 362 g/mol. The van der Waals surface area contributed by atoms with Gasteiger partial charge in [-0.15, -0.1) is 0 Å². The molecule has 0 aliphatic rings. The Morgan fingerprint density at radius 3 is 1.32 bits per heavy atom. The van der Waals surface area contributed by atoms with E-state index >= 15 is 0 Å². The van der Waals surface area contributed by atoms with Gasteiger partial charge in [-0.3, -0.25) is 0 Å². The van der Waals surface area contributed by atoms with Gasteiger partial charge in [-0.1, -0.05) is 58.5 Å². The van der Waals surface area contributed by atoms with Crippen LogP contribution in [0.3, 0.4) is 0 Å². The molecule has 114 valence electrons. The molecule has 0 saturated heterocycles. The smallest absolute Gasteiger partial charge is 0.0672 e. The normalized spacial score (nSPS) is 12.6. The molecule has 2 aromatic carbocycles. The summed E-state index contributed by atoms with van der Waals surface area (Å²) in [6.07, 6.45) is 0. The molecular formula is C16H12Cl4N2. The third kappa shape index (κ3) is 4.23. The molecule has 0 aliphatic carbocycles. The van der Waals surface area contributed by atoms with Gasteiger partial charge in [0, 0.05) is 0 Å². The minimum Gasteiger partial charge on any atom is -0.155 e. The largest absolute Gasteiger partial charge is 0.155 e. The summed E-state index contributed by atoms with van der Waals surface area (Å²) in [4.78, 5) is 0. The number of benzene rings is 2. The van der Waals surface area contributed by atoms with Crippen molar-refractivity contribution in [1.82, 2.24) is 0 Å². The van der Waals surface area contributed by atoms with Crippen molar-refractivity contribution in [3.05, 3.63) is 67.6 Å². The fraction of sp³-hybridized carbons (Fsp3) is 0.125. The highest BCUT2D eigenvalue weighted by atomic mass is 35.5. The minimum absolute atomic E-state index is 0.485. The van der Waals surface area contributed by atoms with Gasteiger partial charge in [0.1, 0.15) is 0 Å². The fourth-order valence-electron chi connectivity index (χ4n) is 1.71. The first-order valence-corrected chi connectivity index (χ1v) is 7.89. The SMILES string of the molecule is C/C(=N\N=C(/C)c1ccc(Cl)c(Cl)c1)c1ccc(Cl)c(Cl)c1. The molecule has 0 spiro atoms. The molecule has 2 nitrogen and oxygen atoms in total. The first-order valence-electron chi connectivity index (χ1n) is 6.38. The van der Waals surface area contributed by atoms with Crippen LogP contribution in [0.4, 0.5) is 0 Å². The molecule has 0 bridgehead atoms. The van der Waals surface area contributed by atoms with E-state index in [2.05, 4.69) is 10.2 Å². The molecule has 0 amide bonds. The molecule has 0 aliphatic heterocycles. The van der Waals surface area contributed by atoms with E-state index in [-0.39, 0.29) is 0 Å². The molecule has 0 heterocycles. The van der Waals surface area contributed by atoms with Crippen LogP contribution in [0.25, 0.3) is 0 Å². The average molecular weight is 374 g/mol. The van der Waals surface area contributed by atoms with E-state index in [1.807, 2.05) is 26.0 Å². The second-order valence-corrected chi connectivity index (χ2v) is 6.26. The molecule has 0 atom stereocenters. The van der Waals surface area contributed by atoms with E-state index in [1.165, 1.54) is 0 Å². The Kier molecular flexibility index (Phi) is 5.87. The Balaban J connectivity index is 2.27. The third-order valence-corrected chi connectivity index (χ3v) is 4.50.